The molecule has 6 heteroatoms. The van der Waals surface area contributed by atoms with Crippen LogP contribution in [-0.2, 0) is 0 Å². The molecule has 1 fully saturated rings. The monoisotopic (exact) mass is 340 g/mol. The maximum Gasteiger partial charge on any atom is 0.387 e. The minimum absolute atomic E-state index is 0.102. The lowest BCUT2D eigenvalue weighted by atomic mass is 9.87. The molecule has 0 spiro atoms. The van der Waals surface area contributed by atoms with Crippen LogP contribution in [0.1, 0.15) is 51.1 Å². The van der Waals surface area contributed by atoms with Gasteiger partial charge in [-0.25, -0.2) is 4.79 Å². The van der Waals surface area contributed by atoms with Gasteiger partial charge in [-0.3, -0.25) is 0 Å². The SMILES string of the molecule is CC1CCC(N(C)C(=O)NC(C)c2ccc(OC(F)F)cc2)CC1. The fourth-order valence-electron chi connectivity index (χ4n) is 3.10. The molecular formula is C18H26F2N2O2. The van der Waals surface area contributed by atoms with E-state index >= 15 is 0 Å². The number of carbonyl (C=O) groups is 1. The topological polar surface area (TPSA) is 41.6 Å². The summed E-state index contributed by atoms with van der Waals surface area (Å²) < 4.78 is 28.6. The van der Waals surface area contributed by atoms with E-state index in [2.05, 4.69) is 17.0 Å². The second-order valence-electron chi connectivity index (χ2n) is 6.64. The summed E-state index contributed by atoms with van der Waals surface area (Å²) in [5.41, 5.74) is 0.843. The van der Waals surface area contributed by atoms with Gasteiger partial charge in [-0.15, -0.1) is 0 Å². The van der Waals surface area contributed by atoms with Crippen LogP contribution in [0.5, 0.6) is 5.75 Å². The molecule has 1 atom stereocenters. The Morgan fingerprint density at radius 2 is 1.79 bits per heavy atom. The quantitative estimate of drug-likeness (QED) is 0.853. The smallest absolute Gasteiger partial charge is 0.387 e. The van der Waals surface area contributed by atoms with Gasteiger partial charge < -0.3 is 15.0 Å². The summed E-state index contributed by atoms with van der Waals surface area (Å²) in [7, 11) is 1.84. The van der Waals surface area contributed by atoms with Gasteiger partial charge in [0, 0.05) is 13.1 Å². The number of urea groups is 1. The fourth-order valence-corrected chi connectivity index (χ4v) is 3.10. The third kappa shape index (κ3) is 5.08. The first-order valence-corrected chi connectivity index (χ1v) is 8.45. The maximum absolute atomic E-state index is 12.4. The normalized spacial score (nSPS) is 22.1. The van der Waals surface area contributed by atoms with Crippen molar-refractivity contribution in [2.45, 2.75) is 58.2 Å². The van der Waals surface area contributed by atoms with Crippen LogP contribution in [0.25, 0.3) is 0 Å². The van der Waals surface area contributed by atoms with Gasteiger partial charge in [-0.05, 0) is 56.2 Å². The molecule has 0 radical (unpaired) electrons. The lowest BCUT2D eigenvalue weighted by Gasteiger charge is -2.34. The third-order valence-corrected chi connectivity index (χ3v) is 4.80. The predicted molar refractivity (Wildman–Crippen MR) is 89.2 cm³/mol. The second kappa shape index (κ2) is 8.31. The minimum Gasteiger partial charge on any atom is -0.435 e. The number of alkyl halides is 2. The van der Waals surface area contributed by atoms with E-state index in [4.69, 9.17) is 0 Å². The highest BCUT2D eigenvalue weighted by Gasteiger charge is 2.25. The molecule has 0 heterocycles. The van der Waals surface area contributed by atoms with Crippen molar-refractivity contribution in [1.82, 2.24) is 10.2 Å². The number of ether oxygens (including phenoxy) is 1. The van der Waals surface area contributed by atoms with Gasteiger partial charge in [0.15, 0.2) is 0 Å². The molecule has 4 nitrogen and oxygen atoms in total. The van der Waals surface area contributed by atoms with Crippen LogP contribution in [0.3, 0.4) is 0 Å². The van der Waals surface area contributed by atoms with E-state index in [-0.39, 0.29) is 23.9 Å². The number of amides is 2. The van der Waals surface area contributed by atoms with E-state index < -0.39 is 6.61 Å². The molecule has 0 bridgehead atoms. The Labute approximate surface area is 142 Å². The van der Waals surface area contributed by atoms with Crippen molar-refractivity contribution in [3.8, 4) is 5.75 Å². The van der Waals surface area contributed by atoms with Crippen molar-refractivity contribution in [3.05, 3.63) is 29.8 Å². The number of nitrogens with one attached hydrogen (secondary N) is 1. The van der Waals surface area contributed by atoms with E-state index in [1.54, 1.807) is 17.0 Å². The molecule has 1 unspecified atom stereocenters. The van der Waals surface area contributed by atoms with Crippen molar-refractivity contribution >= 4 is 6.03 Å². The van der Waals surface area contributed by atoms with E-state index in [1.807, 2.05) is 14.0 Å². The number of rotatable bonds is 5. The summed E-state index contributed by atoms with van der Waals surface area (Å²) >= 11 is 0. The molecule has 1 saturated carbocycles. The summed E-state index contributed by atoms with van der Waals surface area (Å²) in [5.74, 6) is 0.853. The average Bonchev–Trinajstić information content (AvgIpc) is 2.55. The van der Waals surface area contributed by atoms with Crippen molar-refractivity contribution < 1.29 is 18.3 Å². The molecule has 1 N–H and O–H groups in total. The Balaban J connectivity index is 1.88. The van der Waals surface area contributed by atoms with Crippen molar-refractivity contribution in [2.24, 2.45) is 5.92 Å². The van der Waals surface area contributed by atoms with Crippen molar-refractivity contribution in [3.63, 3.8) is 0 Å². The minimum atomic E-state index is -2.83. The molecule has 0 saturated heterocycles. The van der Waals surface area contributed by atoms with Crippen LogP contribution >= 0.6 is 0 Å². The largest absolute Gasteiger partial charge is 0.435 e. The van der Waals surface area contributed by atoms with E-state index in [0.29, 0.717) is 0 Å². The molecule has 1 aromatic rings. The first-order valence-electron chi connectivity index (χ1n) is 8.45. The lowest BCUT2D eigenvalue weighted by Crippen LogP contribution is -2.45. The van der Waals surface area contributed by atoms with Crippen LogP contribution in [0.15, 0.2) is 24.3 Å². The van der Waals surface area contributed by atoms with Gasteiger partial charge in [-0.2, -0.15) is 8.78 Å². The van der Waals surface area contributed by atoms with Crippen molar-refractivity contribution in [1.29, 1.82) is 0 Å². The second-order valence-corrected chi connectivity index (χ2v) is 6.64. The van der Waals surface area contributed by atoms with E-state index in [0.717, 1.165) is 37.2 Å². The molecule has 1 aliphatic carbocycles. The number of nitrogens with zero attached hydrogens (tertiary/aromatic N) is 1. The molecule has 0 aromatic heterocycles. The van der Waals surface area contributed by atoms with E-state index in [1.165, 1.54) is 12.1 Å². The van der Waals surface area contributed by atoms with Crippen LogP contribution in [0.2, 0.25) is 0 Å². The molecule has 0 aliphatic heterocycles. The van der Waals surface area contributed by atoms with E-state index in [9.17, 15) is 13.6 Å². The zero-order valence-corrected chi connectivity index (χ0v) is 14.5. The standard InChI is InChI=1S/C18H26F2N2O2/c1-12-4-8-15(9-5-12)22(3)18(23)21-13(2)14-6-10-16(11-7-14)24-17(19)20/h6-7,10-13,15,17H,4-5,8-9H2,1-3H3,(H,21,23). The number of carbonyl (C=O) groups excluding carboxylic acids is 1. The Hall–Kier alpha value is -1.85. The Morgan fingerprint density at radius 1 is 1.21 bits per heavy atom. The molecular weight excluding hydrogens is 314 g/mol. The highest BCUT2D eigenvalue weighted by molar-refractivity contribution is 5.74. The van der Waals surface area contributed by atoms with Gasteiger partial charge in [-0.1, -0.05) is 19.1 Å². The van der Waals surface area contributed by atoms with Crippen molar-refractivity contribution in [2.75, 3.05) is 7.05 Å². The van der Waals surface area contributed by atoms with Gasteiger partial charge in [0.2, 0.25) is 0 Å². The number of halogens is 2. The molecule has 2 amide bonds. The summed E-state index contributed by atoms with van der Waals surface area (Å²) in [6, 6.07) is 6.32. The summed E-state index contributed by atoms with van der Waals surface area (Å²) in [6.45, 7) is 1.29. The highest BCUT2D eigenvalue weighted by Crippen LogP contribution is 2.27. The Kier molecular flexibility index (Phi) is 6.40. The third-order valence-electron chi connectivity index (χ3n) is 4.80. The zero-order chi connectivity index (χ0) is 17.7. The average molecular weight is 340 g/mol. The lowest BCUT2D eigenvalue weighted by molar-refractivity contribution is -0.0498. The van der Waals surface area contributed by atoms with Crippen LogP contribution in [0, 0.1) is 5.92 Å². The van der Waals surface area contributed by atoms with Gasteiger partial charge >= 0.3 is 12.6 Å². The molecule has 1 aromatic carbocycles. The zero-order valence-electron chi connectivity index (χ0n) is 14.5. The number of hydrogen-bond donors (Lipinski definition) is 1. The van der Waals surface area contributed by atoms with Crippen LogP contribution in [-0.4, -0.2) is 30.6 Å². The highest BCUT2D eigenvalue weighted by atomic mass is 19.3. The molecule has 24 heavy (non-hydrogen) atoms. The van der Waals surface area contributed by atoms with Gasteiger partial charge in [0.05, 0.1) is 6.04 Å². The van der Waals surface area contributed by atoms with Crippen LogP contribution in [0.4, 0.5) is 13.6 Å². The predicted octanol–water partition coefficient (Wildman–Crippen LogP) is 4.57. The first kappa shape index (κ1) is 18.5. The number of benzene rings is 1. The summed E-state index contributed by atoms with van der Waals surface area (Å²) in [4.78, 5) is 14.2. The fraction of sp³-hybridized carbons (Fsp3) is 0.611. The van der Waals surface area contributed by atoms with Gasteiger partial charge in [0.1, 0.15) is 5.75 Å². The molecule has 134 valence electrons. The summed E-state index contributed by atoms with van der Waals surface area (Å²) in [6.07, 6.45) is 4.39. The first-order chi connectivity index (χ1) is 11.4. The Bertz CT molecular complexity index is 528. The summed E-state index contributed by atoms with van der Waals surface area (Å²) in [5, 5.41) is 2.96. The van der Waals surface area contributed by atoms with Crippen LogP contribution < -0.4 is 10.1 Å². The molecule has 2 rings (SSSR count). The Morgan fingerprint density at radius 3 is 2.33 bits per heavy atom. The number of hydrogen-bond acceptors (Lipinski definition) is 2. The molecule has 1 aliphatic rings. The van der Waals surface area contributed by atoms with Gasteiger partial charge in [0.25, 0.3) is 0 Å². The maximum atomic E-state index is 12.4.